The van der Waals surface area contributed by atoms with E-state index in [1.165, 1.54) is 11.3 Å². The summed E-state index contributed by atoms with van der Waals surface area (Å²) in [6.45, 7) is 0. The number of rotatable bonds is 5. The Morgan fingerprint density at radius 2 is 2.21 bits per heavy atom. The lowest BCUT2D eigenvalue weighted by molar-refractivity contribution is -0.122. The monoisotopic (exact) mass is 281 g/mol. The second-order valence-corrected chi connectivity index (χ2v) is 6.34. The molecule has 0 saturated heterocycles. The molecule has 0 radical (unpaired) electrons. The van der Waals surface area contributed by atoms with Gasteiger partial charge in [0.25, 0.3) is 0 Å². The Kier molecular flexibility index (Phi) is 5.86. The Labute approximate surface area is 119 Å². The first-order valence-electron chi connectivity index (χ1n) is 7.25. The molecule has 1 fully saturated rings. The van der Waals surface area contributed by atoms with Gasteiger partial charge in [-0.1, -0.05) is 25.3 Å². The zero-order valence-corrected chi connectivity index (χ0v) is 12.1. The van der Waals surface area contributed by atoms with Crippen LogP contribution >= 0.6 is 11.3 Å². The Balaban J connectivity index is 1.68. The number of thiophene rings is 1. The maximum Gasteiger partial charge on any atom is 0.220 e. The molecule has 3 nitrogen and oxygen atoms in total. The first kappa shape index (κ1) is 14.5. The van der Waals surface area contributed by atoms with Crippen molar-refractivity contribution in [1.29, 1.82) is 0 Å². The number of hydrogen-bond acceptors (Lipinski definition) is 3. The molecule has 0 spiro atoms. The summed E-state index contributed by atoms with van der Waals surface area (Å²) in [5, 5.41) is 15.0. The van der Waals surface area contributed by atoms with Crippen molar-refractivity contribution in [2.24, 2.45) is 0 Å². The maximum absolute atomic E-state index is 11.9. The molecular weight excluding hydrogens is 258 g/mol. The van der Waals surface area contributed by atoms with Gasteiger partial charge in [-0.3, -0.25) is 4.79 Å². The molecule has 2 unspecified atom stereocenters. The Bertz CT molecular complexity index is 378. The summed E-state index contributed by atoms with van der Waals surface area (Å²) in [6.07, 6.45) is 7.14. The molecular formula is C15H23NO2S. The minimum Gasteiger partial charge on any atom is -0.391 e. The quantitative estimate of drug-likeness (QED) is 0.815. The maximum atomic E-state index is 11.9. The fraction of sp³-hybridized carbons (Fsp3) is 0.667. The number of aryl methyl sites for hydroxylation is 1. The fourth-order valence-corrected chi connectivity index (χ4v) is 3.36. The van der Waals surface area contributed by atoms with E-state index in [1.807, 2.05) is 6.07 Å². The molecule has 1 saturated carbocycles. The summed E-state index contributed by atoms with van der Waals surface area (Å²) < 4.78 is 0. The van der Waals surface area contributed by atoms with Crippen molar-refractivity contribution in [2.45, 2.75) is 63.5 Å². The lowest BCUT2D eigenvalue weighted by Crippen LogP contribution is -2.42. The van der Waals surface area contributed by atoms with Gasteiger partial charge in [0.2, 0.25) is 5.91 Å². The molecule has 2 rings (SSSR count). The second kappa shape index (κ2) is 7.65. The van der Waals surface area contributed by atoms with Crippen LogP contribution in [0.25, 0.3) is 0 Å². The van der Waals surface area contributed by atoms with Crippen molar-refractivity contribution in [2.75, 3.05) is 0 Å². The van der Waals surface area contributed by atoms with E-state index in [9.17, 15) is 9.90 Å². The van der Waals surface area contributed by atoms with E-state index in [1.54, 1.807) is 11.3 Å². The third-order valence-electron chi connectivity index (χ3n) is 3.73. The normalized spacial score (nSPS) is 23.8. The third-order valence-corrected chi connectivity index (χ3v) is 4.67. The topological polar surface area (TPSA) is 49.3 Å². The van der Waals surface area contributed by atoms with Gasteiger partial charge in [0, 0.05) is 11.3 Å². The van der Waals surface area contributed by atoms with Crippen LogP contribution in [0.15, 0.2) is 17.5 Å². The van der Waals surface area contributed by atoms with E-state index in [0.29, 0.717) is 6.42 Å². The van der Waals surface area contributed by atoms with Crippen molar-refractivity contribution in [3.8, 4) is 0 Å². The zero-order valence-electron chi connectivity index (χ0n) is 11.3. The van der Waals surface area contributed by atoms with Crippen LogP contribution in [0.2, 0.25) is 0 Å². The van der Waals surface area contributed by atoms with E-state index in [4.69, 9.17) is 0 Å². The summed E-state index contributed by atoms with van der Waals surface area (Å²) in [5.41, 5.74) is 0. The third kappa shape index (κ3) is 4.96. The summed E-state index contributed by atoms with van der Waals surface area (Å²) in [4.78, 5) is 13.2. The van der Waals surface area contributed by atoms with E-state index in [2.05, 4.69) is 16.8 Å². The van der Waals surface area contributed by atoms with E-state index in [0.717, 1.165) is 38.5 Å². The van der Waals surface area contributed by atoms with Crippen molar-refractivity contribution in [3.63, 3.8) is 0 Å². The van der Waals surface area contributed by atoms with E-state index >= 15 is 0 Å². The standard InChI is InChI=1S/C15H23NO2S/c17-14-9-3-1-2-8-13(14)16-15(18)10-4-6-12-7-5-11-19-12/h5,7,11,13-14,17H,1-4,6,8-10H2,(H,16,18). The van der Waals surface area contributed by atoms with Gasteiger partial charge in [0.15, 0.2) is 0 Å². The van der Waals surface area contributed by atoms with Crippen molar-refractivity contribution >= 4 is 17.2 Å². The molecule has 0 aliphatic heterocycles. The molecule has 1 amide bonds. The number of aliphatic hydroxyl groups excluding tert-OH is 1. The van der Waals surface area contributed by atoms with Crippen LogP contribution in [0.3, 0.4) is 0 Å². The molecule has 19 heavy (non-hydrogen) atoms. The average Bonchev–Trinajstić information content (AvgIpc) is 2.82. The predicted molar refractivity (Wildman–Crippen MR) is 78.3 cm³/mol. The van der Waals surface area contributed by atoms with Crippen LogP contribution in [0, 0.1) is 0 Å². The van der Waals surface area contributed by atoms with Gasteiger partial charge in [-0.05, 0) is 37.1 Å². The number of hydrogen-bond donors (Lipinski definition) is 2. The van der Waals surface area contributed by atoms with Gasteiger partial charge in [-0.2, -0.15) is 0 Å². The van der Waals surface area contributed by atoms with Crippen LogP contribution in [0.1, 0.15) is 49.8 Å². The summed E-state index contributed by atoms with van der Waals surface area (Å²) in [6, 6.07) is 4.12. The summed E-state index contributed by atoms with van der Waals surface area (Å²) in [7, 11) is 0. The van der Waals surface area contributed by atoms with Gasteiger partial charge in [0.05, 0.1) is 12.1 Å². The molecule has 2 N–H and O–H groups in total. The smallest absolute Gasteiger partial charge is 0.220 e. The predicted octanol–water partition coefficient (Wildman–Crippen LogP) is 2.88. The number of carbonyl (C=O) groups excluding carboxylic acids is 1. The molecule has 1 aromatic heterocycles. The molecule has 1 aliphatic rings. The van der Waals surface area contributed by atoms with Gasteiger partial charge in [0.1, 0.15) is 0 Å². The highest BCUT2D eigenvalue weighted by Crippen LogP contribution is 2.18. The van der Waals surface area contributed by atoms with Crippen molar-refractivity contribution in [3.05, 3.63) is 22.4 Å². The van der Waals surface area contributed by atoms with Gasteiger partial charge >= 0.3 is 0 Å². The highest BCUT2D eigenvalue weighted by molar-refractivity contribution is 7.09. The molecule has 0 bridgehead atoms. The average molecular weight is 281 g/mol. The largest absolute Gasteiger partial charge is 0.391 e. The SMILES string of the molecule is O=C(CCCc1cccs1)NC1CCCCCC1O. The number of amides is 1. The Morgan fingerprint density at radius 1 is 1.37 bits per heavy atom. The zero-order chi connectivity index (χ0) is 13.5. The van der Waals surface area contributed by atoms with Crippen molar-refractivity contribution in [1.82, 2.24) is 5.32 Å². The highest BCUT2D eigenvalue weighted by atomic mass is 32.1. The number of aliphatic hydroxyl groups is 1. The van der Waals surface area contributed by atoms with Gasteiger partial charge < -0.3 is 10.4 Å². The molecule has 0 aromatic carbocycles. The molecule has 2 atom stereocenters. The van der Waals surface area contributed by atoms with Crippen LogP contribution in [-0.4, -0.2) is 23.2 Å². The lowest BCUT2D eigenvalue weighted by Gasteiger charge is -2.21. The Morgan fingerprint density at radius 3 is 3.00 bits per heavy atom. The molecule has 1 heterocycles. The van der Waals surface area contributed by atoms with E-state index in [-0.39, 0.29) is 18.1 Å². The second-order valence-electron chi connectivity index (χ2n) is 5.31. The first-order valence-corrected chi connectivity index (χ1v) is 8.13. The van der Waals surface area contributed by atoms with Crippen LogP contribution in [0.5, 0.6) is 0 Å². The van der Waals surface area contributed by atoms with E-state index < -0.39 is 0 Å². The minimum atomic E-state index is -0.358. The molecule has 1 aromatic rings. The van der Waals surface area contributed by atoms with Crippen LogP contribution in [0.4, 0.5) is 0 Å². The summed E-state index contributed by atoms with van der Waals surface area (Å²) >= 11 is 1.74. The number of carbonyl (C=O) groups is 1. The molecule has 106 valence electrons. The lowest BCUT2D eigenvalue weighted by atomic mass is 10.1. The van der Waals surface area contributed by atoms with Crippen molar-refractivity contribution < 1.29 is 9.90 Å². The Hall–Kier alpha value is -0.870. The molecule has 4 heteroatoms. The molecule has 1 aliphatic carbocycles. The highest BCUT2D eigenvalue weighted by Gasteiger charge is 2.22. The number of nitrogens with one attached hydrogen (secondary N) is 1. The van der Waals surface area contributed by atoms with Gasteiger partial charge in [-0.25, -0.2) is 0 Å². The van der Waals surface area contributed by atoms with Gasteiger partial charge in [-0.15, -0.1) is 11.3 Å². The van der Waals surface area contributed by atoms with Crippen LogP contribution in [-0.2, 0) is 11.2 Å². The fourth-order valence-electron chi connectivity index (χ4n) is 2.61. The van der Waals surface area contributed by atoms with Crippen LogP contribution < -0.4 is 5.32 Å². The minimum absolute atomic E-state index is 0.0308. The first-order chi connectivity index (χ1) is 9.25. The summed E-state index contributed by atoms with van der Waals surface area (Å²) in [5.74, 6) is 0.0857.